The van der Waals surface area contributed by atoms with Crippen molar-refractivity contribution in [1.82, 2.24) is 0 Å². The highest BCUT2D eigenvalue weighted by Gasteiger charge is 2.34. The molecule has 0 spiro atoms. The van der Waals surface area contributed by atoms with E-state index in [4.69, 9.17) is 5.73 Å². The molecule has 2 aromatic carbocycles. The van der Waals surface area contributed by atoms with Crippen molar-refractivity contribution in [2.45, 2.75) is 18.4 Å². The third kappa shape index (κ3) is 1.74. The molecule has 1 aliphatic rings. The Bertz CT molecular complexity index is 473. The van der Waals surface area contributed by atoms with E-state index in [1.807, 2.05) is 6.07 Å². The Morgan fingerprint density at radius 2 is 1.38 bits per heavy atom. The molecule has 2 aromatic rings. The van der Waals surface area contributed by atoms with Gasteiger partial charge >= 0.3 is 0 Å². The molecular formula is C15H15N. The number of benzene rings is 2. The lowest BCUT2D eigenvalue weighted by atomic mass is 10.0. The van der Waals surface area contributed by atoms with E-state index in [1.54, 1.807) is 0 Å². The number of hydrogen-bond acceptors (Lipinski definition) is 1. The van der Waals surface area contributed by atoms with Crippen LogP contribution in [0.25, 0.3) is 11.1 Å². The quantitative estimate of drug-likeness (QED) is 0.807. The summed E-state index contributed by atoms with van der Waals surface area (Å²) < 4.78 is 0. The summed E-state index contributed by atoms with van der Waals surface area (Å²) in [5, 5.41) is 0. The van der Waals surface area contributed by atoms with Gasteiger partial charge in [0.2, 0.25) is 0 Å². The van der Waals surface area contributed by atoms with Crippen molar-refractivity contribution in [1.29, 1.82) is 0 Å². The summed E-state index contributed by atoms with van der Waals surface area (Å²) >= 11 is 0. The molecule has 0 aliphatic heterocycles. The van der Waals surface area contributed by atoms with Crippen molar-refractivity contribution >= 4 is 0 Å². The van der Waals surface area contributed by atoms with Gasteiger partial charge in [-0.05, 0) is 23.1 Å². The van der Waals surface area contributed by atoms with Crippen molar-refractivity contribution < 1.29 is 0 Å². The van der Waals surface area contributed by atoms with Crippen LogP contribution in [0.3, 0.4) is 0 Å². The summed E-state index contributed by atoms with van der Waals surface area (Å²) in [7, 11) is 0. The molecule has 1 fully saturated rings. The fourth-order valence-corrected chi connectivity index (χ4v) is 2.15. The van der Waals surface area contributed by atoms with Crippen LogP contribution in [0.2, 0.25) is 0 Å². The second-order valence-corrected chi connectivity index (χ2v) is 4.49. The molecule has 0 radical (unpaired) electrons. The van der Waals surface area contributed by atoms with Crippen LogP contribution in [0.5, 0.6) is 0 Å². The maximum Gasteiger partial charge on any atom is 0.0115 e. The van der Waals surface area contributed by atoms with E-state index in [9.17, 15) is 0 Å². The fourth-order valence-electron chi connectivity index (χ4n) is 2.15. The Balaban J connectivity index is 1.88. The van der Waals surface area contributed by atoms with Crippen LogP contribution in [-0.2, 0) is 0 Å². The second kappa shape index (κ2) is 3.76. The average Bonchev–Trinajstić information content (AvgIpc) is 3.08. The first-order valence-corrected chi connectivity index (χ1v) is 5.75. The number of hydrogen-bond donors (Lipinski definition) is 1. The predicted octanol–water partition coefficient (Wildman–Crippen LogP) is 3.17. The predicted molar refractivity (Wildman–Crippen MR) is 67.2 cm³/mol. The Kier molecular flexibility index (Phi) is 2.26. The third-order valence-electron chi connectivity index (χ3n) is 3.29. The summed E-state index contributed by atoms with van der Waals surface area (Å²) in [5.41, 5.74) is 9.78. The van der Waals surface area contributed by atoms with Gasteiger partial charge in [0.05, 0.1) is 0 Å². The molecule has 3 rings (SSSR count). The monoisotopic (exact) mass is 209 g/mol. The highest BCUT2D eigenvalue weighted by molar-refractivity contribution is 5.63. The van der Waals surface area contributed by atoms with E-state index in [0.29, 0.717) is 12.0 Å². The topological polar surface area (TPSA) is 26.0 Å². The van der Waals surface area contributed by atoms with Crippen molar-refractivity contribution in [2.24, 2.45) is 5.73 Å². The van der Waals surface area contributed by atoms with E-state index in [-0.39, 0.29) is 0 Å². The zero-order chi connectivity index (χ0) is 11.0. The summed E-state index contributed by atoms with van der Waals surface area (Å²) in [4.78, 5) is 0. The van der Waals surface area contributed by atoms with Crippen molar-refractivity contribution in [3.05, 3.63) is 60.2 Å². The average molecular weight is 209 g/mol. The molecule has 0 aromatic heterocycles. The molecule has 0 bridgehead atoms. The zero-order valence-electron chi connectivity index (χ0n) is 9.14. The summed E-state index contributed by atoms with van der Waals surface area (Å²) in [6.45, 7) is 0. The molecule has 1 saturated carbocycles. The lowest BCUT2D eigenvalue weighted by Gasteiger charge is -2.03. The number of rotatable bonds is 2. The molecule has 16 heavy (non-hydrogen) atoms. The Hall–Kier alpha value is -1.60. The highest BCUT2D eigenvalue weighted by atomic mass is 14.7. The molecule has 0 saturated heterocycles. The molecule has 2 N–H and O–H groups in total. The molecule has 0 heterocycles. The van der Waals surface area contributed by atoms with Crippen molar-refractivity contribution in [3.63, 3.8) is 0 Å². The molecular weight excluding hydrogens is 194 g/mol. The highest BCUT2D eigenvalue weighted by Crippen LogP contribution is 2.39. The summed E-state index contributed by atoms with van der Waals surface area (Å²) in [5.74, 6) is 0.602. The third-order valence-corrected chi connectivity index (χ3v) is 3.29. The Labute approximate surface area is 95.9 Å². The van der Waals surface area contributed by atoms with Gasteiger partial charge in [0.15, 0.2) is 0 Å². The Morgan fingerprint density at radius 3 is 1.94 bits per heavy atom. The van der Waals surface area contributed by atoms with Crippen molar-refractivity contribution in [2.75, 3.05) is 0 Å². The minimum atomic E-state index is 0.391. The standard InChI is InChI=1S/C15H15N/c16-15-10-14(15)13-8-6-12(7-9-13)11-4-2-1-3-5-11/h1-9,14-15H,10,16H2/t14?,15-/m1/s1. The Morgan fingerprint density at radius 1 is 0.812 bits per heavy atom. The van der Waals surface area contributed by atoms with E-state index in [0.717, 1.165) is 6.42 Å². The van der Waals surface area contributed by atoms with Gasteiger partial charge in [-0.1, -0.05) is 54.6 Å². The molecule has 1 nitrogen and oxygen atoms in total. The SMILES string of the molecule is N[C@@H]1CC1c1ccc(-c2ccccc2)cc1. The van der Waals surface area contributed by atoms with Crippen LogP contribution in [0.1, 0.15) is 17.9 Å². The lowest BCUT2D eigenvalue weighted by molar-refractivity contribution is 0.991. The minimum absolute atomic E-state index is 0.391. The smallest absolute Gasteiger partial charge is 0.0115 e. The number of nitrogens with two attached hydrogens (primary N) is 1. The van der Waals surface area contributed by atoms with E-state index in [2.05, 4.69) is 48.5 Å². The molecule has 80 valence electrons. The van der Waals surface area contributed by atoms with Crippen LogP contribution in [-0.4, -0.2) is 6.04 Å². The van der Waals surface area contributed by atoms with E-state index in [1.165, 1.54) is 16.7 Å². The van der Waals surface area contributed by atoms with Gasteiger partial charge in [-0.2, -0.15) is 0 Å². The first kappa shape index (κ1) is 9.61. The minimum Gasteiger partial charge on any atom is -0.327 e. The lowest BCUT2D eigenvalue weighted by Crippen LogP contribution is -2.00. The maximum absolute atomic E-state index is 5.85. The van der Waals surface area contributed by atoms with Crippen LogP contribution in [0.4, 0.5) is 0 Å². The molecule has 0 amide bonds. The van der Waals surface area contributed by atoms with E-state index >= 15 is 0 Å². The van der Waals surface area contributed by atoms with Crippen LogP contribution in [0.15, 0.2) is 54.6 Å². The van der Waals surface area contributed by atoms with Gasteiger partial charge in [0, 0.05) is 12.0 Å². The largest absolute Gasteiger partial charge is 0.327 e. The van der Waals surface area contributed by atoms with Gasteiger partial charge in [-0.3, -0.25) is 0 Å². The van der Waals surface area contributed by atoms with Crippen LogP contribution in [0, 0.1) is 0 Å². The van der Waals surface area contributed by atoms with Gasteiger partial charge in [0.1, 0.15) is 0 Å². The second-order valence-electron chi connectivity index (χ2n) is 4.49. The maximum atomic E-state index is 5.85. The summed E-state index contributed by atoms with van der Waals surface area (Å²) in [6, 6.07) is 19.6. The van der Waals surface area contributed by atoms with Crippen LogP contribution >= 0.6 is 0 Å². The fraction of sp³-hybridized carbons (Fsp3) is 0.200. The van der Waals surface area contributed by atoms with Gasteiger partial charge in [-0.15, -0.1) is 0 Å². The summed E-state index contributed by atoms with van der Waals surface area (Å²) in [6.07, 6.45) is 1.14. The van der Waals surface area contributed by atoms with E-state index < -0.39 is 0 Å². The van der Waals surface area contributed by atoms with Gasteiger partial charge in [-0.25, -0.2) is 0 Å². The molecule has 1 heteroatoms. The van der Waals surface area contributed by atoms with Gasteiger partial charge < -0.3 is 5.73 Å². The first-order chi connectivity index (χ1) is 7.84. The van der Waals surface area contributed by atoms with Gasteiger partial charge in [0.25, 0.3) is 0 Å². The van der Waals surface area contributed by atoms with Crippen molar-refractivity contribution in [3.8, 4) is 11.1 Å². The molecule has 1 aliphatic carbocycles. The normalized spacial score (nSPS) is 23.1. The zero-order valence-corrected chi connectivity index (χ0v) is 9.14. The first-order valence-electron chi connectivity index (χ1n) is 5.75. The molecule has 2 atom stereocenters. The molecule has 1 unspecified atom stereocenters. The van der Waals surface area contributed by atoms with Crippen LogP contribution < -0.4 is 5.73 Å².